The predicted molar refractivity (Wildman–Crippen MR) is 63.0 cm³/mol. The fraction of sp³-hybridized carbons (Fsp3) is 0.400. The van der Waals surface area contributed by atoms with E-state index in [0.29, 0.717) is 0 Å². The van der Waals surface area contributed by atoms with Crippen molar-refractivity contribution in [3.63, 3.8) is 0 Å². The minimum atomic E-state index is -0.163. The normalized spacial score (nSPS) is 19.8. The number of hydrogen-bond acceptors (Lipinski definition) is 3. The maximum absolute atomic E-state index is 11.8. The predicted octanol–water partition coefficient (Wildman–Crippen LogP) is 2.01. The first-order valence-corrected chi connectivity index (χ1v) is 5.63. The molecule has 0 bridgehead atoms. The number of nitrogens with one attached hydrogen (secondary N) is 1. The highest BCUT2D eigenvalue weighted by Crippen LogP contribution is 2.30. The third-order valence-electron chi connectivity index (χ3n) is 2.55. The molecule has 0 fully saturated rings. The summed E-state index contributed by atoms with van der Waals surface area (Å²) in [5.41, 5.74) is 0.827. The molecule has 0 saturated carbocycles. The van der Waals surface area contributed by atoms with Crippen LogP contribution in [0, 0.1) is 0 Å². The molecule has 1 aromatic rings. The highest BCUT2D eigenvalue weighted by atomic mass is 79.9. The van der Waals surface area contributed by atoms with Gasteiger partial charge in [0, 0.05) is 7.05 Å². The van der Waals surface area contributed by atoms with Gasteiger partial charge in [-0.2, -0.15) is 0 Å². The molecule has 2 heterocycles. The summed E-state index contributed by atoms with van der Waals surface area (Å²) < 4.78 is 0.770. The number of carbonyl (C=O) groups excluding carboxylic acids is 1. The molecule has 0 radical (unpaired) electrons. The number of rotatable bonds is 1. The largest absolute Gasteiger partial charge is 0.357 e. The van der Waals surface area contributed by atoms with Gasteiger partial charge in [-0.05, 0) is 34.5 Å². The second kappa shape index (κ2) is 3.81. The maximum Gasteiger partial charge on any atom is 0.249 e. The smallest absolute Gasteiger partial charge is 0.249 e. The van der Waals surface area contributed by atoms with E-state index in [2.05, 4.69) is 26.2 Å². The Labute approximate surface area is 96.8 Å². The van der Waals surface area contributed by atoms with E-state index in [0.717, 1.165) is 22.5 Å². The van der Waals surface area contributed by atoms with E-state index in [1.54, 1.807) is 11.9 Å². The summed E-state index contributed by atoms with van der Waals surface area (Å²) in [5, 5.41) is 3.14. The monoisotopic (exact) mass is 269 g/mol. The van der Waals surface area contributed by atoms with E-state index in [-0.39, 0.29) is 11.9 Å². The van der Waals surface area contributed by atoms with Gasteiger partial charge in [-0.25, -0.2) is 4.98 Å². The summed E-state index contributed by atoms with van der Waals surface area (Å²) in [4.78, 5) is 17.8. The molecule has 2 rings (SSSR count). The average molecular weight is 270 g/mol. The van der Waals surface area contributed by atoms with Crippen LogP contribution in [0.25, 0.3) is 0 Å². The Morgan fingerprint density at radius 3 is 3.00 bits per heavy atom. The van der Waals surface area contributed by atoms with Crippen LogP contribution in [0.2, 0.25) is 0 Å². The van der Waals surface area contributed by atoms with Crippen LogP contribution >= 0.6 is 15.9 Å². The van der Waals surface area contributed by atoms with Crippen LogP contribution in [0.1, 0.15) is 13.3 Å². The molecule has 0 spiro atoms. The third-order valence-corrected chi connectivity index (χ3v) is 2.99. The van der Waals surface area contributed by atoms with E-state index >= 15 is 0 Å². The molecule has 4 nitrogen and oxygen atoms in total. The lowest BCUT2D eigenvalue weighted by atomic mass is 10.1. The zero-order valence-electron chi connectivity index (χ0n) is 8.62. The van der Waals surface area contributed by atoms with Crippen molar-refractivity contribution in [3.05, 3.63) is 16.7 Å². The van der Waals surface area contributed by atoms with Crippen molar-refractivity contribution in [2.24, 2.45) is 0 Å². The Morgan fingerprint density at radius 2 is 2.33 bits per heavy atom. The van der Waals surface area contributed by atoms with Gasteiger partial charge in [-0.1, -0.05) is 6.92 Å². The number of carbonyl (C=O) groups is 1. The van der Waals surface area contributed by atoms with Gasteiger partial charge < -0.3 is 10.2 Å². The molecule has 80 valence electrons. The standard InChI is InChI=1S/C10H12BrN3O/c1-3-6-10(15)14(2)7-4-5-8(11)13-9(7)12-6/h4-6H,3H2,1-2H3,(H,12,13). The van der Waals surface area contributed by atoms with Crippen molar-refractivity contribution in [1.82, 2.24) is 4.98 Å². The van der Waals surface area contributed by atoms with Gasteiger partial charge in [-0.15, -0.1) is 0 Å². The van der Waals surface area contributed by atoms with Crippen molar-refractivity contribution in [3.8, 4) is 0 Å². The minimum absolute atomic E-state index is 0.0918. The number of aromatic nitrogens is 1. The Hall–Kier alpha value is -1.10. The number of anilines is 2. The molecule has 0 aliphatic carbocycles. The average Bonchev–Trinajstić information content (AvgIpc) is 2.23. The van der Waals surface area contributed by atoms with E-state index in [4.69, 9.17) is 0 Å². The van der Waals surface area contributed by atoms with Crippen molar-refractivity contribution >= 4 is 33.3 Å². The van der Waals surface area contributed by atoms with E-state index < -0.39 is 0 Å². The fourth-order valence-electron chi connectivity index (χ4n) is 1.66. The topological polar surface area (TPSA) is 45.2 Å². The van der Waals surface area contributed by atoms with Gasteiger partial charge in [0.1, 0.15) is 10.6 Å². The Kier molecular flexibility index (Phi) is 2.65. The fourth-order valence-corrected chi connectivity index (χ4v) is 1.97. The van der Waals surface area contributed by atoms with E-state index in [1.807, 2.05) is 19.1 Å². The van der Waals surface area contributed by atoms with Crippen molar-refractivity contribution < 1.29 is 4.79 Å². The second-order valence-corrected chi connectivity index (χ2v) is 4.32. The van der Waals surface area contributed by atoms with Crippen LogP contribution in [0.4, 0.5) is 11.5 Å². The summed E-state index contributed by atoms with van der Waals surface area (Å²) in [7, 11) is 1.78. The first kappa shape index (κ1) is 10.4. The SMILES string of the molecule is CCC1Nc2nc(Br)ccc2N(C)C1=O. The molecule has 1 aliphatic rings. The van der Waals surface area contributed by atoms with E-state index in [1.165, 1.54) is 0 Å². The quantitative estimate of drug-likeness (QED) is 0.794. The lowest BCUT2D eigenvalue weighted by Crippen LogP contribution is -2.45. The van der Waals surface area contributed by atoms with E-state index in [9.17, 15) is 4.79 Å². The number of halogens is 1. The Balaban J connectivity index is 2.45. The first-order chi connectivity index (χ1) is 7.13. The number of pyridine rings is 1. The minimum Gasteiger partial charge on any atom is -0.357 e. The number of likely N-dealkylation sites (N-methyl/N-ethyl adjacent to an activating group) is 1. The highest BCUT2D eigenvalue weighted by molar-refractivity contribution is 9.10. The highest BCUT2D eigenvalue weighted by Gasteiger charge is 2.29. The summed E-state index contributed by atoms with van der Waals surface area (Å²) in [5.74, 6) is 0.854. The number of nitrogens with zero attached hydrogens (tertiary/aromatic N) is 2. The number of hydrogen-bond donors (Lipinski definition) is 1. The first-order valence-electron chi connectivity index (χ1n) is 4.84. The lowest BCUT2D eigenvalue weighted by molar-refractivity contribution is -0.119. The Bertz CT molecular complexity index is 408. The zero-order valence-corrected chi connectivity index (χ0v) is 10.2. The molecular weight excluding hydrogens is 258 g/mol. The van der Waals surface area contributed by atoms with Crippen molar-refractivity contribution in [1.29, 1.82) is 0 Å². The molecular formula is C10H12BrN3O. The third kappa shape index (κ3) is 1.71. The molecule has 1 aromatic heterocycles. The van der Waals surface area contributed by atoms with Crippen LogP contribution in [0.5, 0.6) is 0 Å². The summed E-state index contributed by atoms with van der Waals surface area (Å²) in [6.07, 6.45) is 0.761. The summed E-state index contributed by atoms with van der Waals surface area (Å²) >= 11 is 3.31. The van der Waals surface area contributed by atoms with Gasteiger partial charge in [-0.3, -0.25) is 4.79 Å². The van der Waals surface area contributed by atoms with Crippen LogP contribution in [-0.4, -0.2) is 24.0 Å². The van der Waals surface area contributed by atoms with Crippen molar-refractivity contribution in [2.45, 2.75) is 19.4 Å². The van der Waals surface area contributed by atoms with Gasteiger partial charge in [0.25, 0.3) is 0 Å². The molecule has 0 aromatic carbocycles. The van der Waals surface area contributed by atoms with Crippen molar-refractivity contribution in [2.75, 3.05) is 17.3 Å². The molecule has 1 atom stereocenters. The second-order valence-electron chi connectivity index (χ2n) is 3.50. The van der Waals surface area contributed by atoms with Gasteiger partial charge in [0.2, 0.25) is 5.91 Å². The van der Waals surface area contributed by atoms with Gasteiger partial charge in [0.15, 0.2) is 5.82 Å². The van der Waals surface area contributed by atoms with Gasteiger partial charge in [0.05, 0.1) is 5.69 Å². The summed E-state index contributed by atoms with van der Waals surface area (Å²) in [6, 6.07) is 3.55. The number of fused-ring (bicyclic) bond motifs is 1. The van der Waals surface area contributed by atoms with Crippen LogP contribution < -0.4 is 10.2 Å². The van der Waals surface area contributed by atoms with Crippen LogP contribution in [0.3, 0.4) is 0 Å². The molecule has 1 unspecified atom stereocenters. The maximum atomic E-state index is 11.8. The molecule has 15 heavy (non-hydrogen) atoms. The molecule has 1 amide bonds. The zero-order chi connectivity index (χ0) is 11.0. The molecule has 0 saturated heterocycles. The number of amides is 1. The van der Waals surface area contributed by atoms with Crippen LogP contribution in [-0.2, 0) is 4.79 Å². The molecule has 1 aliphatic heterocycles. The van der Waals surface area contributed by atoms with Crippen LogP contribution in [0.15, 0.2) is 16.7 Å². The lowest BCUT2D eigenvalue weighted by Gasteiger charge is -2.31. The molecule has 1 N–H and O–H groups in total. The Morgan fingerprint density at radius 1 is 1.60 bits per heavy atom. The van der Waals surface area contributed by atoms with Gasteiger partial charge >= 0.3 is 0 Å². The molecule has 5 heteroatoms. The summed E-state index contributed by atoms with van der Waals surface area (Å²) in [6.45, 7) is 1.98.